The molecule has 3 rings (SSSR count). The highest BCUT2D eigenvalue weighted by Gasteiger charge is 2.09. The molecule has 0 aliphatic heterocycles. The van der Waals surface area contributed by atoms with Crippen molar-refractivity contribution in [3.8, 4) is 11.3 Å². The van der Waals surface area contributed by atoms with Gasteiger partial charge in [0.05, 0.1) is 0 Å². The molecule has 0 fully saturated rings. The molecule has 21 heavy (non-hydrogen) atoms. The van der Waals surface area contributed by atoms with E-state index in [-0.39, 0.29) is 5.56 Å². The molecular weight excluding hydrogens is 260 g/mol. The van der Waals surface area contributed by atoms with Gasteiger partial charge in [-0.05, 0) is 30.7 Å². The SMILES string of the molecule is Cc1ccccc1-c1cc2c(N(C)C)cccc2c(=O)[nH]1. The second-order valence-electron chi connectivity index (χ2n) is 5.46. The zero-order valence-corrected chi connectivity index (χ0v) is 12.5. The number of fused-ring (bicyclic) bond motifs is 1. The third-order valence-corrected chi connectivity index (χ3v) is 3.78. The van der Waals surface area contributed by atoms with E-state index in [0.717, 1.165) is 33.3 Å². The van der Waals surface area contributed by atoms with E-state index in [1.165, 1.54) is 0 Å². The number of aromatic nitrogens is 1. The highest BCUT2D eigenvalue weighted by atomic mass is 16.1. The van der Waals surface area contributed by atoms with Gasteiger partial charge in [0.2, 0.25) is 0 Å². The zero-order chi connectivity index (χ0) is 15.0. The lowest BCUT2D eigenvalue weighted by molar-refractivity contribution is 1.14. The summed E-state index contributed by atoms with van der Waals surface area (Å²) in [5.41, 5.74) is 4.07. The number of nitrogens with one attached hydrogen (secondary N) is 1. The molecule has 0 atom stereocenters. The Kier molecular flexibility index (Phi) is 3.26. The Bertz CT molecular complexity index is 862. The van der Waals surface area contributed by atoms with E-state index in [4.69, 9.17) is 0 Å². The third kappa shape index (κ3) is 2.31. The van der Waals surface area contributed by atoms with E-state index >= 15 is 0 Å². The quantitative estimate of drug-likeness (QED) is 0.778. The van der Waals surface area contributed by atoms with Gasteiger partial charge in [-0.2, -0.15) is 0 Å². The first-order chi connectivity index (χ1) is 10.1. The molecule has 3 heteroatoms. The monoisotopic (exact) mass is 278 g/mol. The van der Waals surface area contributed by atoms with Gasteiger partial charge in [0.1, 0.15) is 0 Å². The summed E-state index contributed by atoms with van der Waals surface area (Å²) in [6.07, 6.45) is 0. The van der Waals surface area contributed by atoms with E-state index in [0.29, 0.717) is 0 Å². The number of rotatable bonds is 2. The highest BCUT2D eigenvalue weighted by Crippen LogP contribution is 2.28. The minimum atomic E-state index is -0.0468. The molecule has 1 heterocycles. The number of benzene rings is 2. The molecule has 0 aliphatic rings. The van der Waals surface area contributed by atoms with Crippen LogP contribution in [-0.2, 0) is 0 Å². The Morgan fingerprint density at radius 1 is 0.952 bits per heavy atom. The minimum absolute atomic E-state index is 0.0468. The molecule has 0 spiro atoms. The molecule has 3 aromatic rings. The predicted molar refractivity (Wildman–Crippen MR) is 89.1 cm³/mol. The lowest BCUT2D eigenvalue weighted by Gasteiger charge is -2.16. The number of hydrogen-bond donors (Lipinski definition) is 1. The van der Waals surface area contributed by atoms with Crippen LogP contribution in [0.15, 0.2) is 53.3 Å². The van der Waals surface area contributed by atoms with Gasteiger partial charge in [-0.15, -0.1) is 0 Å². The van der Waals surface area contributed by atoms with Crippen molar-refractivity contribution in [1.29, 1.82) is 0 Å². The summed E-state index contributed by atoms with van der Waals surface area (Å²) in [6, 6.07) is 16.0. The number of anilines is 1. The van der Waals surface area contributed by atoms with Gasteiger partial charge < -0.3 is 9.88 Å². The van der Waals surface area contributed by atoms with Gasteiger partial charge in [-0.25, -0.2) is 0 Å². The molecule has 0 aliphatic carbocycles. The molecule has 3 nitrogen and oxygen atoms in total. The van der Waals surface area contributed by atoms with E-state index in [9.17, 15) is 4.79 Å². The second-order valence-corrected chi connectivity index (χ2v) is 5.46. The number of aromatic amines is 1. The average molecular weight is 278 g/mol. The molecule has 106 valence electrons. The lowest BCUT2D eigenvalue weighted by Crippen LogP contribution is -2.13. The van der Waals surface area contributed by atoms with E-state index in [1.807, 2.05) is 55.4 Å². The van der Waals surface area contributed by atoms with Gasteiger partial charge in [-0.3, -0.25) is 4.79 Å². The number of hydrogen-bond acceptors (Lipinski definition) is 2. The van der Waals surface area contributed by atoms with Crippen LogP contribution < -0.4 is 10.5 Å². The van der Waals surface area contributed by atoms with Crippen LogP contribution in [0.3, 0.4) is 0 Å². The summed E-state index contributed by atoms with van der Waals surface area (Å²) in [7, 11) is 3.98. The first-order valence-electron chi connectivity index (χ1n) is 6.97. The maximum atomic E-state index is 12.4. The minimum Gasteiger partial charge on any atom is -0.377 e. The van der Waals surface area contributed by atoms with Crippen molar-refractivity contribution < 1.29 is 0 Å². The van der Waals surface area contributed by atoms with Gasteiger partial charge >= 0.3 is 0 Å². The maximum absolute atomic E-state index is 12.4. The first-order valence-corrected chi connectivity index (χ1v) is 6.97. The molecule has 1 aromatic heterocycles. The largest absolute Gasteiger partial charge is 0.377 e. The Morgan fingerprint density at radius 2 is 1.71 bits per heavy atom. The van der Waals surface area contributed by atoms with E-state index < -0.39 is 0 Å². The maximum Gasteiger partial charge on any atom is 0.256 e. The smallest absolute Gasteiger partial charge is 0.256 e. The van der Waals surface area contributed by atoms with Crippen molar-refractivity contribution in [3.63, 3.8) is 0 Å². The van der Waals surface area contributed by atoms with Crippen LogP contribution in [0.4, 0.5) is 5.69 Å². The van der Waals surface area contributed by atoms with Crippen molar-refractivity contribution in [1.82, 2.24) is 4.98 Å². The summed E-state index contributed by atoms with van der Waals surface area (Å²) in [5.74, 6) is 0. The van der Waals surface area contributed by atoms with Crippen molar-refractivity contribution in [2.24, 2.45) is 0 Å². The molecular formula is C18H18N2O. The Morgan fingerprint density at radius 3 is 2.43 bits per heavy atom. The van der Waals surface area contributed by atoms with Crippen molar-refractivity contribution in [3.05, 3.63) is 64.4 Å². The highest BCUT2D eigenvalue weighted by molar-refractivity contribution is 5.95. The summed E-state index contributed by atoms with van der Waals surface area (Å²) < 4.78 is 0. The number of pyridine rings is 1. The Hall–Kier alpha value is -2.55. The summed E-state index contributed by atoms with van der Waals surface area (Å²) >= 11 is 0. The number of aryl methyl sites for hydroxylation is 1. The van der Waals surface area contributed by atoms with Crippen molar-refractivity contribution >= 4 is 16.5 Å². The van der Waals surface area contributed by atoms with Crippen LogP contribution in [0.25, 0.3) is 22.0 Å². The lowest BCUT2D eigenvalue weighted by atomic mass is 10.0. The van der Waals surface area contributed by atoms with Crippen molar-refractivity contribution in [2.75, 3.05) is 19.0 Å². The van der Waals surface area contributed by atoms with Crippen LogP contribution in [0.2, 0.25) is 0 Å². The van der Waals surface area contributed by atoms with Crippen LogP contribution in [0, 0.1) is 6.92 Å². The van der Waals surface area contributed by atoms with E-state index in [1.54, 1.807) is 0 Å². The molecule has 0 radical (unpaired) electrons. The van der Waals surface area contributed by atoms with Gasteiger partial charge in [0.15, 0.2) is 0 Å². The van der Waals surface area contributed by atoms with Crippen LogP contribution >= 0.6 is 0 Å². The third-order valence-electron chi connectivity index (χ3n) is 3.78. The Balaban J connectivity index is 2.35. The van der Waals surface area contributed by atoms with Crippen LogP contribution in [0.1, 0.15) is 5.56 Å². The fraction of sp³-hybridized carbons (Fsp3) is 0.167. The summed E-state index contributed by atoms with van der Waals surface area (Å²) in [5, 5.41) is 1.70. The fourth-order valence-electron chi connectivity index (χ4n) is 2.68. The van der Waals surface area contributed by atoms with Crippen LogP contribution in [-0.4, -0.2) is 19.1 Å². The molecule has 0 saturated carbocycles. The van der Waals surface area contributed by atoms with Gasteiger partial charge in [0, 0.05) is 41.8 Å². The van der Waals surface area contributed by atoms with Gasteiger partial charge in [0.25, 0.3) is 5.56 Å². The molecule has 2 aromatic carbocycles. The van der Waals surface area contributed by atoms with Crippen molar-refractivity contribution in [2.45, 2.75) is 6.92 Å². The van der Waals surface area contributed by atoms with E-state index in [2.05, 4.69) is 24.0 Å². The molecule has 0 unspecified atom stereocenters. The zero-order valence-electron chi connectivity index (χ0n) is 12.5. The number of nitrogens with zero attached hydrogens (tertiary/aromatic N) is 1. The fourth-order valence-corrected chi connectivity index (χ4v) is 2.68. The predicted octanol–water partition coefficient (Wildman–Crippen LogP) is 3.57. The summed E-state index contributed by atoms with van der Waals surface area (Å²) in [4.78, 5) is 17.4. The average Bonchev–Trinajstić information content (AvgIpc) is 2.47. The number of H-pyrrole nitrogens is 1. The van der Waals surface area contributed by atoms with Crippen LogP contribution in [0.5, 0.6) is 0 Å². The Labute approximate surface area is 123 Å². The van der Waals surface area contributed by atoms with Gasteiger partial charge in [-0.1, -0.05) is 30.3 Å². The normalized spacial score (nSPS) is 10.8. The topological polar surface area (TPSA) is 36.1 Å². The molecule has 0 saturated heterocycles. The molecule has 0 bridgehead atoms. The molecule has 1 N–H and O–H groups in total. The summed E-state index contributed by atoms with van der Waals surface area (Å²) in [6.45, 7) is 2.05. The second kappa shape index (κ2) is 5.09. The molecule has 0 amide bonds. The standard InChI is InChI=1S/C18H18N2O/c1-12-7-4-5-8-13(12)16-11-15-14(18(21)19-16)9-6-10-17(15)20(2)3/h4-11H,1-3H3,(H,19,21). The first kappa shape index (κ1) is 13.4.